The summed E-state index contributed by atoms with van der Waals surface area (Å²) >= 11 is 4.49. The molecular formula is C12H17BS. The molecule has 0 aromatic heterocycles. The van der Waals surface area contributed by atoms with Crippen molar-refractivity contribution in [2.24, 2.45) is 5.92 Å². The van der Waals surface area contributed by atoms with Crippen LogP contribution in [0, 0.1) is 12.8 Å². The van der Waals surface area contributed by atoms with Crippen LogP contribution in [0.5, 0.6) is 0 Å². The highest BCUT2D eigenvalue weighted by Crippen LogP contribution is 2.40. The summed E-state index contributed by atoms with van der Waals surface area (Å²) in [7, 11) is 2.29. The lowest BCUT2D eigenvalue weighted by atomic mass is 9.83. The Bertz CT molecular complexity index is 335. The molecule has 0 amide bonds. The van der Waals surface area contributed by atoms with Crippen molar-refractivity contribution in [3.8, 4) is 0 Å². The summed E-state index contributed by atoms with van der Waals surface area (Å²) in [6.07, 6.45) is 2.54. The van der Waals surface area contributed by atoms with Crippen molar-refractivity contribution in [1.82, 2.24) is 0 Å². The first-order valence-corrected chi connectivity index (χ1v) is 6.09. The van der Waals surface area contributed by atoms with Gasteiger partial charge < -0.3 is 0 Å². The minimum atomic E-state index is 0.693. The van der Waals surface area contributed by atoms with Gasteiger partial charge in [-0.3, -0.25) is 0 Å². The molecule has 0 saturated heterocycles. The van der Waals surface area contributed by atoms with Gasteiger partial charge in [0.05, 0.1) is 0 Å². The molecule has 1 aromatic rings. The van der Waals surface area contributed by atoms with Crippen molar-refractivity contribution in [3.63, 3.8) is 0 Å². The maximum Gasteiger partial charge on any atom is 0.101 e. The first-order chi connectivity index (χ1) is 6.76. The normalized spacial score (nSPS) is 25.0. The van der Waals surface area contributed by atoms with Gasteiger partial charge in [0, 0.05) is 0 Å². The van der Waals surface area contributed by atoms with E-state index < -0.39 is 0 Å². The van der Waals surface area contributed by atoms with E-state index in [1.165, 1.54) is 18.3 Å². The summed E-state index contributed by atoms with van der Waals surface area (Å²) in [6.45, 7) is 2.18. The fourth-order valence-electron chi connectivity index (χ4n) is 2.60. The second-order valence-electron chi connectivity index (χ2n) is 4.36. The third-order valence-electron chi connectivity index (χ3n) is 3.47. The van der Waals surface area contributed by atoms with E-state index in [9.17, 15) is 0 Å². The number of thiol groups is 1. The average molecular weight is 204 g/mol. The molecule has 0 radical (unpaired) electrons. The SMILES string of the molecule is BCC1Cc2ccc(C)cc2C1CS. The van der Waals surface area contributed by atoms with Gasteiger partial charge in [0.2, 0.25) is 0 Å². The lowest BCUT2D eigenvalue weighted by Crippen LogP contribution is -2.08. The van der Waals surface area contributed by atoms with Crippen LogP contribution < -0.4 is 0 Å². The smallest absolute Gasteiger partial charge is 0.101 e. The van der Waals surface area contributed by atoms with Crippen molar-refractivity contribution in [2.75, 3.05) is 5.75 Å². The monoisotopic (exact) mass is 204 g/mol. The van der Waals surface area contributed by atoms with E-state index in [1.807, 2.05) is 0 Å². The number of benzene rings is 1. The van der Waals surface area contributed by atoms with Gasteiger partial charge in [-0.25, -0.2) is 0 Å². The molecule has 0 N–H and O–H groups in total. The van der Waals surface area contributed by atoms with E-state index in [0.29, 0.717) is 5.92 Å². The molecule has 0 bridgehead atoms. The zero-order valence-electron chi connectivity index (χ0n) is 8.96. The molecule has 0 saturated carbocycles. The van der Waals surface area contributed by atoms with Crippen LogP contribution in [-0.4, -0.2) is 13.6 Å². The number of rotatable bonds is 2. The Balaban J connectivity index is 2.38. The second kappa shape index (κ2) is 4.02. The molecular weight excluding hydrogens is 187 g/mol. The summed E-state index contributed by atoms with van der Waals surface area (Å²) in [5, 5.41) is 0. The van der Waals surface area contributed by atoms with E-state index in [4.69, 9.17) is 0 Å². The highest BCUT2D eigenvalue weighted by Gasteiger charge is 2.29. The van der Waals surface area contributed by atoms with Crippen LogP contribution in [0.1, 0.15) is 22.6 Å². The van der Waals surface area contributed by atoms with Gasteiger partial charge >= 0.3 is 0 Å². The molecule has 2 atom stereocenters. The van der Waals surface area contributed by atoms with Crippen molar-refractivity contribution in [1.29, 1.82) is 0 Å². The summed E-state index contributed by atoms with van der Waals surface area (Å²) in [6, 6.07) is 6.88. The lowest BCUT2D eigenvalue weighted by molar-refractivity contribution is 0.538. The molecule has 1 aliphatic rings. The second-order valence-corrected chi connectivity index (χ2v) is 4.73. The first-order valence-electron chi connectivity index (χ1n) is 5.46. The van der Waals surface area contributed by atoms with Gasteiger partial charge in [0.1, 0.15) is 7.85 Å². The van der Waals surface area contributed by atoms with E-state index in [2.05, 4.69) is 45.6 Å². The zero-order valence-corrected chi connectivity index (χ0v) is 9.85. The van der Waals surface area contributed by atoms with Crippen LogP contribution in [-0.2, 0) is 6.42 Å². The topological polar surface area (TPSA) is 0 Å². The van der Waals surface area contributed by atoms with Crippen LogP contribution in [0.25, 0.3) is 0 Å². The first kappa shape index (κ1) is 10.2. The number of aryl methyl sites for hydroxylation is 1. The summed E-state index contributed by atoms with van der Waals surface area (Å²) < 4.78 is 0. The molecule has 0 fully saturated rings. The van der Waals surface area contributed by atoms with E-state index >= 15 is 0 Å². The predicted octanol–water partition coefficient (Wildman–Crippen LogP) is 2.23. The Labute approximate surface area is 92.9 Å². The summed E-state index contributed by atoms with van der Waals surface area (Å²) in [5.41, 5.74) is 4.50. The summed E-state index contributed by atoms with van der Waals surface area (Å²) in [5.74, 6) is 2.51. The van der Waals surface area contributed by atoms with Crippen molar-refractivity contribution in [2.45, 2.75) is 25.6 Å². The van der Waals surface area contributed by atoms with Gasteiger partial charge in [-0.15, -0.1) is 0 Å². The van der Waals surface area contributed by atoms with Crippen molar-refractivity contribution >= 4 is 20.5 Å². The fraction of sp³-hybridized carbons (Fsp3) is 0.500. The Morgan fingerprint density at radius 3 is 2.93 bits per heavy atom. The predicted molar refractivity (Wildman–Crippen MR) is 68.3 cm³/mol. The van der Waals surface area contributed by atoms with Gasteiger partial charge in [-0.2, -0.15) is 12.6 Å². The van der Waals surface area contributed by atoms with E-state index in [1.54, 1.807) is 11.1 Å². The van der Waals surface area contributed by atoms with Crippen LogP contribution in [0.3, 0.4) is 0 Å². The van der Waals surface area contributed by atoms with Crippen molar-refractivity contribution < 1.29 is 0 Å². The highest BCUT2D eigenvalue weighted by atomic mass is 32.1. The molecule has 2 unspecified atom stereocenters. The Hall–Kier alpha value is -0.365. The maximum absolute atomic E-state index is 4.49. The summed E-state index contributed by atoms with van der Waals surface area (Å²) in [4.78, 5) is 0. The molecule has 2 heteroatoms. The Morgan fingerprint density at radius 1 is 1.50 bits per heavy atom. The molecule has 14 heavy (non-hydrogen) atoms. The van der Waals surface area contributed by atoms with Gasteiger partial charge in [-0.1, -0.05) is 30.1 Å². The number of hydrogen-bond acceptors (Lipinski definition) is 1. The third kappa shape index (κ3) is 1.60. The highest BCUT2D eigenvalue weighted by molar-refractivity contribution is 7.80. The molecule has 0 spiro atoms. The fourth-order valence-corrected chi connectivity index (χ4v) is 3.10. The minimum absolute atomic E-state index is 0.693. The standard InChI is InChI=1S/C12H17BS/c1-8-2-3-9-5-10(6-13)12(7-14)11(9)4-8/h2-4,10,12,14H,5-7,13H2,1H3. The molecule has 0 heterocycles. The van der Waals surface area contributed by atoms with Gasteiger partial charge in [-0.05, 0) is 42.1 Å². The number of hydrogen-bond donors (Lipinski definition) is 1. The van der Waals surface area contributed by atoms with Crippen LogP contribution in [0.4, 0.5) is 0 Å². The van der Waals surface area contributed by atoms with Crippen LogP contribution >= 0.6 is 12.6 Å². The Kier molecular flexibility index (Phi) is 2.92. The quantitative estimate of drug-likeness (QED) is 0.554. The van der Waals surface area contributed by atoms with Gasteiger partial charge in [0.25, 0.3) is 0 Å². The number of fused-ring (bicyclic) bond motifs is 1. The maximum atomic E-state index is 4.49. The molecule has 0 aliphatic heterocycles. The molecule has 74 valence electrons. The van der Waals surface area contributed by atoms with Crippen LogP contribution in [0.15, 0.2) is 18.2 Å². The minimum Gasteiger partial charge on any atom is -0.179 e. The molecule has 1 aromatic carbocycles. The van der Waals surface area contributed by atoms with E-state index in [0.717, 1.165) is 11.7 Å². The third-order valence-corrected chi connectivity index (χ3v) is 3.87. The zero-order chi connectivity index (χ0) is 10.1. The molecule has 2 rings (SSSR count). The van der Waals surface area contributed by atoms with E-state index in [-0.39, 0.29) is 0 Å². The lowest BCUT2D eigenvalue weighted by Gasteiger charge is -2.16. The van der Waals surface area contributed by atoms with Crippen molar-refractivity contribution in [3.05, 3.63) is 34.9 Å². The Morgan fingerprint density at radius 2 is 2.29 bits per heavy atom. The largest absolute Gasteiger partial charge is 0.179 e. The van der Waals surface area contributed by atoms with Crippen LogP contribution in [0.2, 0.25) is 6.32 Å². The molecule has 0 nitrogen and oxygen atoms in total. The van der Waals surface area contributed by atoms with Gasteiger partial charge in [0.15, 0.2) is 0 Å². The average Bonchev–Trinajstić information content (AvgIpc) is 2.54. The molecule has 1 aliphatic carbocycles.